The zero-order chi connectivity index (χ0) is 12.3. The van der Waals surface area contributed by atoms with Crippen molar-refractivity contribution in [3.63, 3.8) is 0 Å². The number of carbonyl (C=O) groups excluding carboxylic acids is 1. The van der Waals surface area contributed by atoms with E-state index >= 15 is 0 Å². The number of rotatable bonds is 4. The van der Waals surface area contributed by atoms with Crippen molar-refractivity contribution in [3.8, 4) is 0 Å². The lowest BCUT2D eigenvalue weighted by Crippen LogP contribution is -2.22. The van der Waals surface area contributed by atoms with Gasteiger partial charge in [0.05, 0.1) is 19.7 Å². The van der Waals surface area contributed by atoms with Gasteiger partial charge in [0.1, 0.15) is 5.82 Å². The van der Waals surface area contributed by atoms with Gasteiger partial charge in [-0.2, -0.15) is 5.10 Å². The van der Waals surface area contributed by atoms with E-state index in [9.17, 15) is 4.79 Å². The molecule has 0 saturated carbocycles. The van der Waals surface area contributed by atoms with Crippen LogP contribution >= 0.6 is 0 Å². The lowest BCUT2D eigenvalue weighted by molar-refractivity contribution is -0.140. The van der Waals surface area contributed by atoms with Crippen LogP contribution in [0, 0.1) is 0 Å². The molecule has 2 rings (SSSR count). The molecule has 2 aromatic heterocycles. The molecule has 2 aromatic rings. The number of nitrogens with zero attached hydrogens (tertiary/aromatic N) is 4. The van der Waals surface area contributed by atoms with Crippen LogP contribution in [0.5, 0.6) is 0 Å². The van der Waals surface area contributed by atoms with E-state index in [1.165, 1.54) is 7.11 Å². The molecule has 0 spiro atoms. The Kier molecular flexibility index (Phi) is 3.22. The monoisotopic (exact) mass is 234 g/mol. The number of anilines is 1. The zero-order valence-corrected chi connectivity index (χ0v) is 9.83. The summed E-state index contributed by atoms with van der Waals surface area (Å²) in [5, 5.41) is 4.07. The van der Waals surface area contributed by atoms with Crippen molar-refractivity contribution in [2.45, 2.75) is 6.42 Å². The van der Waals surface area contributed by atoms with Crippen molar-refractivity contribution >= 4 is 17.4 Å². The van der Waals surface area contributed by atoms with Crippen molar-refractivity contribution in [2.24, 2.45) is 0 Å². The van der Waals surface area contributed by atoms with Crippen LogP contribution in [0.1, 0.15) is 6.42 Å². The Morgan fingerprint density at radius 2 is 2.35 bits per heavy atom. The number of methoxy groups -OCH3 is 1. The molecule has 0 aromatic carbocycles. The molecule has 0 unspecified atom stereocenters. The molecule has 0 N–H and O–H groups in total. The summed E-state index contributed by atoms with van der Waals surface area (Å²) in [6, 6.07) is 3.69. The number of hydrogen-bond donors (Lipinski definition) is 0. The number of aromatic nitrogens is 3. The fourth-order valence-corrected chi connectivity index (χ4v) is 1.49. The fraction of sp³-hybridized carbons (Fsp3) is 0.364. The summed E-state index contributed by atoms with van der Waals surface area (Å²) in [5.41, 5.74) is 0.785. The van der Waals surface area contributed by atoms with Crippen LogP contribution in [-0.4, -0.2) is 41.3 Å². The van der Waals surface area contributed by atoms with Crippen molar-refractivity contribution < 1.29 is 9.53 Å². The van der Waals surface area contributed by atoms with Gasteiger partial charge in [0, 0.05) is 25.9 Å². The maximum Gasteiger partial charge on any atom is 0.307 e. The summed E-state index contributed by atoms with van der Waals surface area (Å²) in [5.74, 6) is 0.587. The molecule has 17 heavy (non-hydrogen) atoms. The van der Waals surface area contributed by atoms with Gasteiger partial charge in [-0.25, -0.2) is 9.50 Å². The van der Waals surface area contributed by atoms with Gasteiger partial charge in [-0.3, -0.25) is 4.79 Å². The first-order valence-corrected chi connectivity index (χ1v) is 5.29. The van der Waals surface area contributed by atoms with E-state index in [2.05, 4.69) is 14.8 Å². The highest BCUT2D eigenvalue weighted by atomic mass is 16.5. The number of carbonyl (C=O) groups is 1. The minimum atomic E-state index is -0.220. The third kappa shape index (κ3) is 2.52. The molecule has 0 fully saturated rings. The van der Waals surface area contributed by atoms with Gasteiger partial charge < -0.3 is 9.64 Å². The fourth-order valence-electron chi connectivity index (χ4n) is 1.49. The summed E-state index contributed by atoms with van der Waals surface area (Å²) in [6.07, 6.45) is 3.88. The minimum Gasteiger partial charge on any atom is -0.469 e. The van der Waals surface area contributed by atoms with Gasteiger partial charge in [0.25, 0.3) is 0 Å². The summed E-state index contributed by atoms with van der Waals surface area (Å²) in [6.45, 7) is 0.573. The lowest BCUT2D eigenvalue weighted by Gasteiger charge is -2.17. The van der Waals surface area contributed by atoms with Gasteiger partial charge in [0.2, 0.25) is 0 Å². The Morgan fingerprint density at radius 3 is 3.12 bits per heavy atom. The van der Waals surface area contributed by atoms with E-state index in [4.69, 9.17) is 0 Å². The molecule has 0 amide bonds. The van der Waals surface area contributed by atoms with Gasteiger partial charge in [-0.1, -0.05) is 0 Å². The lowest BCUT2D eigenvalue weighted by atomic mass is 10.4. The standard InChI is InChI=1S/C11H14N4O2/c1-14(7-5-11(16)17-2)9-4-8-15-10(13-9)3-6-12-15/h3-4,6,8H,5,7H2,1-2H3. The van der Waals surface area contributed by atoms with Crippen molar-refractivity contribution in [3.05, 3.63) is 24.5 Å². The quantitative estimate of drug-likeness (QED) is 0.730. The largest absolute Gasteiger partial charge is 0.469 e. The van der Waals surface area contributed by atoms with Crippen LogP contribution in [0.2, 0.25) is 0 Å². The number of fused-ring (bicyclic) bond motifs is 1. The van der Waals surface area contributed by atoms with Gasteiger partial charge in [-0.05, 0) is 6.07 Å². The SMILES string of the molecule is COC(=O)CCN(C)c1ccn2nccc2n1. The molecule has 0 aliphatic heterocycles. The zero-order valence-electron chi connectivity index (χ0n) is 9.83. The van der Waals surface area contributed by atoms with Crippen molar-refractivity contribution in [1.29, 1.82) is 0 Å². The highest BCUT2D eigenvalue weighted by Crippen LogP contribution is 2.10. The summed E-state index contributed by atoms with van der Waals surface area (Å²) < 4.78 is 6.29. The second-order valence-corrected chi connectivity index (χ2v) is 3.67. The van der Waals surface area contributed by atoms with Crippen molar-refractivity contribution in [1.82, 2.24) is 14.6 Å². The molecule has 0 radical (unpaired) electrons. The second-order valence-electron chi connectivity index (χ2n) is 3.67. The molecule has 0 aliphatic rings. The summed E-state index contributed by atoms with van der Waals surface area (Å²) in [4.78, 5) is 17.4. The van der Waals surface area contributed by atoms with E-state index in [1.54, 1.807) is 10.7 Å². The summed E-state index contributed by atoms with van der Waals surface area (Å²) >= 11 is 0. The Balaban J connectivity index is 2.07. The average molecular weight is 234 g/mol. The Labute approximate surface area is 98.8 Å². The number of ether oxygens (including phenoxy) is 1. The molecular formula is C11H14N4O2. The minimum absolute atomic E-state index is 0.220. The number of esters is 1. The highest BCUT2D eigenvalue weighted by molar-refractivity contribution is 5.69. The Hall–Kier alpha value is -2.11. The Morgan fingerprint density at radius 1 is 1.53 bits per heavy atom. The van der Waals surface area contributed by atoms with Gasteiger partial charge in [-0.15, -0.1) is 0 Å². The Bertz CT molecular complexity index is 523. The van der Waals surface area contributed by atoms with Crippen molar-refractivity contribution in [2.75, 3.05) is 25.6 Å². The molecule has 2 heterocycles. The van der Waals surface area contributed by atoms with Crippen LogP contribution in [0.15, 0.2) is 24.5 Å². The van der Waals surface area contributed by atoms with Crippen LogP contribution in [0.25, 0.3) is 5.65 Å². The maximum atomic E-state index is 11.0. The highest BCUT2D eigenvalue weighted by Gasteiger charge is 2.07. The van der Waals surface area contributed by atoms with Crippen LogP contribution in [0.3, 0.4) is 0 Å². The van der Waals surface area contributed by atoms with E-state index in [0.717, 1.165) is 11.5 Å². The predicted molar refractivity (Wildman–Crippen MR) is 62.9 cm³/mol. The molecule has 0 bridgehead atoms. The van der Waals surface area contributed by atoms with Gasteiger partial charge >= 0.3 is 5.97 Å². The van der Waals surface area contributed by atoms with E-state index in [0.29, 0.717) is 13.0 Å². The summed E-state index contributed by atoms with van der Waals surface area (Å²) in [7, 11) is 3.27. The molecule has 0 aliphatic carbocycles. The van der Waals surface area contributed by atoms with E-state index < -0.39 is 0 Å². The third-order valence-corrected chi connectivity index (χ3v) is 2.51. The maximum absolute atomic E-state index is 11.0. The van der Waals surface area contributed by atoms with Gasteiger partial charge in [0.15, 0.2) is 5.65 Å². The first-order valence-electron chi connectivity index (χ1n) is 5.29. The predicted octanol–water partition coefficient (Wildman–Crippen LogP) is 0.729. The van der Waals surface area contributed by atoms with Crippen LogP contribution < -0.4 is 4.90 Å². The topological polar surface area (TPSA) is 59.7 Å². The molecule has 0 saturated heterocycles. The second kappa shape index (κ2) is 4.82. The molecule has 0 atom stereocenters. The third-order valence-electron chi connectivity index (χ3n) is 2.51. The first kappa shape index (κ1) is 11.4. The van der Waals surface area contributed by atoms with E-state index in [1.807, 2.05) is 30.3 Å². The van der Waals surface area contributed by atoms with Crippen LogP contribution in [-0.2, 0) is 9.53 Å². The smallest absolute Gasteiger partial charge is 0.307 e. The molecular weight excluding hydrogens is 220 g/mol. The molecule has 6 nitrogen and oxygen atoms in total. The first-order chi connectivity index (χ1) is 8.20. The molecule has 6 heteroatoms. The average Bonchev–Trinajstić information content (AvgIpc) is 2.82. The molecule has 90 valence electrons. The number of hydrogen-bond acceptors (Lipinski definition) is 5. The normalized spacial score (nSPS) is 10.5. The van der Waals surface area contributed by atoms with E-state index in [-0.39, 0.29) is 5.97 Å². The van der Waals surface area contributed by atoms with Crippen LogP contribution in [0.4, 0.5) is 5.82 Å².